The number of esters is 1. The quantitative estimate of drug-likeness (QED) is 0.799. The van der Waals surface area contributed by atoms with E-state index in [4.69, 9.17) is 10.5 Å². The average Bonchev–Trinajstić information content (AvgIpc) is 3.18. The molecule has 0 bridgehead atoms. The molecule has 0 unspecified atom stereocenters. The fourth-order valence-corrected chi connectivity index (χ4v) is 2.12. The Labute approximate surface area is 118 Å². The third-order valence-corrected chi connectivity index (χ3v) is 3.33. The van der Waals surface area contributed by atoms with Crippen LogP contribution in [0.25, 0.3) is 0 Å². The van der Waals surface area contributed by atoms with Crippen molar-refractivity contribution in [3.63, 3.8) is 0 Å². The number of carbonyl (C=O) groups is 2. The molecule has 2 rings (SSSR count). The van der Waals surface area contributed by atoms with E-state index in [1.165, 1.54) is 4.90 Å². The van der Waals surface area contributed by atoms with Crippen molar-refractivity contribution in [2.45, 2.75) is 32.2 Å². The molecule has 1 amide bonds. The van der Waals surface area contributed by atoms with Gasteiger partial charge in [-0.15, -0.1) is 0 Å². The van der Waals surface area contributed by atoms with Crippen LogP contribution >= 0.6 is 0 Å². The molecule has 20 heavy (non-hydrogen) atoms. The highest BCUT2D eigenvalue weighted by Gasteiger charge is 2.28. The molecule has 1 heterocycles. The van der Waals surface area contributed by atoms with Crippen molar-refractivity contribution < 1.29 is 14.3 Å². The van der Waals surface area contributed by atoms with Crippen molar-refractivity contribution in [3.05, 3.63) is 18.0 Å². The second-order valence-corrected chi connectivity index (χ2v) is 5.08. The molecule has 1 aromatic rings. The molecule has 6 heteroatoms. The van der Waals surface area contributed by atoms with E-state index in [1.54, 1.807) is 20.0 Å². The topological polar surface area (TPSA) is 77.6 Å². The Hall–Kier alpha value is -1.98. The molecule has 110 valence electrons. The zero-order valence-electron chi connectivity index (χ0n) is 12.0. The first-order valence-corrected chi connectivity index (χ1v) is 6.91. The Kier molecular flexibility index (Phi) is 4.32. The predicted octanol–water partition coefficient (Wildman–Crippen LogP) is 1.43. The van der Waals surface area contributed by atoms with Crippen molar-refractivity contribution in [2.24, 2.45) is 0 Å². The highest BCUT2D eigenvalue weighted by atomic mass is 16.5. The van der Waals surface area contributed by atoms with E-state index in [1.807, 2.05) is 10.8 Å². The van der Waals surface area contributed by atoms with Crippen LogP contribution in [-0.4, -0.2) is 41.5 Å². The van der Waals surface area contributed by atoms with Gasteiger partial charge in [-0.25, -0.2) is 0 Å². The molecular formula is C14H21N3O3. The van der Waals surface area contributed by atoms with Crippen LogP contribution in [-0.2, 0) is 9.53 Å². The van der Waals surface area contributed by atoms with Crippen molar-refractivity contribution in [1.82, 2.24) is 9.47 Å². The van der Waals surface area contributed by atoms with E-state index in [0.29, 0.717) is 30.6 Å². The first-order chi connectivity index (χ1) is 9.52. The summed E-state index contributed by atoms with van der Waals surface area (Å²) in [7, 11) is 1.68. The monoisotopic (exact) mass is 279 g/mol. The summed E-state index contributed by atoms with van der Waals surface area (Å²) in [5.74, 6) is -0.401. The molecule has 0 atom stereocenters. The van der Waals surface area contributed by atoms with Crippen molar-refractivity contribution >= 4 is 17.6 Å². The number of nitrogens with zero attached hydrogens (tertiary/aromatic N) is 2. The number of rotatable bonds is 6. The van der Waals surface area contributed by atoms with Crippen molar-refractivity contribution in [1.29, 1.82) is 0 Å². The molecule has 1 aliphatic rings. The van der Waals surface area contributed by atoms with Crippen LogP contribution < -0.4 is 5.73 Å². The summed E-state index contributed by atoms with van der Waals surface area (Å²) in [6.07, 6.45) is 4.18. The van der Waals surface area contributed by atoms with Gasteiger partial charge in [0.2, 0.25) is 0 Å². The minimum Gasteiger partial charge on any atom is -0.466 e. The number of amides is 1. The van der Waals surface area contributed by atoms with Gasteiger partial charge < -0.3 is 19.9 Å². The van der Waals surface area contributed by atoms with Crippen molar-refractivity contribution in [3.8, 4) is 0 Å². The Bertz CT molecular complexity index is 506. The Morgan fingerprint density at radius 1 is 1.50 bits per heavy atom. The highest BCUT2D eigenvalue weighted by molar-refractivity contribution is 5.94. The number of anilines is 1. The van der Waals surface area contributed by atoms with Crippen LogP contribution in [0.3, 0.4) is 0 Å². The van der Waals surface area contributed by atoms with Gasteiger partial charge in [0.15, 0.2) is 0 Å². The maximum absolute atomic E-state index is 12.4. The summed E-state index contributed by atoms with van der Waals surface area (Å²) in [5.41, 5.74) is 6.97. The third-order valence-electron chi connectivity index (χ3n) is 3.33. The minimum atomic E-state index is -0.288. The molecule has 0 aliphatic heterocycles. The number of carbonyl (C=O) groups excluding carboxylic acids is 2. The molecular weight excluding hydrogens is 258 g/mol. The van der Waals surface area contributed by atoms with E-state index < -0.39 is 0 Å². The molecule has 1 aromatic heterocycles. The fourth-order valence-electron chi connectivity index (χ4n) is 2.12. The highest BCUT2D eigenvalue weighted by Crippen LogP contribution is 2.37. The second kappa shape index (κ2) is 5.98. The number of hydrogen-bond donors (Lipinski definition) is 1. The third kappa shape index (κ3) is 3.31. The summed E-state index contributed by atoms with van der Waals surface area (Å²) in [4.78, 5) is 25.2. The van der Waals surface area contributed by atoms with Crippen LogP contribution in [0.2, 0.25) is 0 Å². The number of aromatic nitrogens is 1. The van der Waals surface area contributed by atoms with Crippen LogP contribution in [0, 0.1) is 0 Å². The summed E-state index contributed by atoms with van der Waals surface area (Å²) in [6.45, 7) is 2.46. The van der Waals surface area contributed by atoms with Crippen molar-refractivity contribution in [2.75, 3.05) is 25.9 Å². The Balaban J connectivity index is 1.98. The summed E-state index contributed by atoms with van der Waals surface area (Å²) in [5, 5.41) is 0. The molecule has 1 aliphatic carbocycles. The van der Waals surface area contributed by atoms with E-state index in [0.717, 1.165) is 12.8 Å². The summed E-state index contributed by atoms with van der Waals surface area (Å²) >= 11 is 0. The smallest absolute Gasteiger partial charge is 0.307 e. The zero-order chi connectivity index (χ0) is 14.7. The number of nitrogen functional groups attached to an aromatic ring is 1. The van der Waals surface area contributed by atoms with Crippen LogP contribution in [0.4, 0.5) is 5.69 Å². The lowest BCUT2D eigenvalue weighted by Gasteiger charge is -2.17. The number of hydrogen-bond acceptors (Lipinski definition) is 4. The molecule has 0 saturated heterocycles. The van der Waals surface area contributed by atoms with Gasteiger partial charge in [0.25, 0.3) is 5.91 Å². The van der Waals surface area contributed by atoms with Gasteiger partial charge >= 0.3 is 5.97 Å². The normalized spacial score (nSPS) is 14.1. The minimum absolute atomic E-state index is 0.113. The fraction of sp³-hybridized carbons (Fsp3) is 0.571. The largest absolute Gasteiger partial charge is 0.466 e. The predicted molar refractivity (Wildman–Crippen MR) is 75.3 cm³/mol. The Morgan fingerprint density at radius 2 is 2.20 bits per heavy atom. The lowest BCUT2D eigenvalue weighted by molar-refractivity contribution is -0.143. The molecule has 1 fully saturated rings. The molecule has 1 saturated carbocycles. The van der Waals surface area contributed by atoms with Gasteiger partial charge in [0.05, 0.1) is 18.7 Å². The van der Waals surface area contributed by atoms with E-state index in [2.05, 4.69) is 0 Å². The second-order valence-electron chi connectivity index (χ2n) is 5.08. The first-order valence-electron chi connectivity index (χ1n) is 6.91. The molecule has 0 radical (unpaired) electrons. The average molecular weight is 279 g/mol. The van der Waals surface area contributed by atoms with Gasteiger partial charge in [-0.2, -0.15) is 0 Å². The lowest BCUT2D eigenvalue weighted by Crippen LogP contribution is -2.30. The lowest BCUT2D eigenvalue weighted by atomic mass is 10.3. The van der Waals surface area contributed by atoms with Crippen LogP contribution in [0.1, 0.15) is 42.7 Å². The summed E-state index contributed by atoms with van der Waals surface area (Å²) < 4.78 is 6.79. The van der Waals surface area contributed by atoms with Gasteiger partial charge in [-0.1, -0.05) is 0 Å². The van der Waals surface area contributed by atoms with Gasteiger partial charge in [0, 0.05) is 25.8 Å². The maximum atomic E-state index is 12.4. The standard InChI is InChI=1S/C14H21N3O3/c1-3-20-13(18)6-7-16(2)14(19)12-8-10(15)9-17(12)11-4-5-11/h8-9,11H,3-7,15H2,1-2H3. The number of ether oxygens (including phenoxy) is 1. The first kappa shape index (κ1) is 14.4. The SMILES string of the molecule is CCOC(=O)CCN(C)C(=O)c1cc(N)cn1C1CC1. The van der Waals surface area contributed by atoms with Gasteiger partial charge in [0.1, 0.15) is 5.69 Å². The maximum Gasteiger partial charge on any atom is 0.307 e. The molecule has 2 N–H and O–H groups in total. The molecule has 6 nitrogen and oxygen atoms in total. The van der Waals surface area contributed by atoms with Gasteiger partial charge in [-0.05, 0) is 25.8 Å². The van der Waals surface area contributed by atoms with Crippen LogP contribution in [0.15, 0.2) is 12.3 Å². The van der Waals surface area contributed by atoms with E-state index in [-0.39, 0.29) is 18.3 Å². The Morgan fingerprint density at radius 3 is 2.80 bits per heavy atom. The van der Waals surface area contributed by atoms with E-state index in [9.17, 15) is 9.59 Å². The van der Waals surface area contributed by atoms with Gasteiger partial charge in [-0.3, -0.25) is 9.59 Å². The number of nitrogens with two attached hydrogens (primary N) is 1. The molecule has 0 aromatic carbocycles. The zero-order valence-corrected chi connectivity index (χ0v) is 12.0. The summed E-state index contributed by atoms with van der Waals surface area (Å²) in [6, 6.07) is 2.09. The molecule has 0 spiro atoms. The van der Waals surface area contributed by atoms with E-state index >= 15 is 0 Å². The van der Waals surface area contributed by atoms with Crippen LogP contribution in [0.5, 0.6) is 0 Å².